The van der Waals surface area contributed by atoms with E-state index in [1.807, 2.05) is 34.2 Å². The molecule has 3 atom stereocenters. The van der Waals surface area contributed by atoms with E-state index in [1.54, 1.807) is 11.0 Å². The third kappa shape index (κ3) is 3.49. The molecule has 1 aromatic heterocycles. The summed E-state index contributed by atoms with van der Waals surface area (Å²) in [5.74, 6) is -3.04. The van der Waals surface area contributed by atoms with E-state index in [9.17, 15) is 19.1 Å². The van der Waals surface area contributed by atoms with Crippen molar-refractivity contribution in [1.29, 1.82) is 0 Å². The number of nitrogens with zero attached hydrogens (tertiary/aromatic N) is 4. The molecule has 4 aliphatic rings. The fraction of sp³-hybridized carbons (Fsp3) is 0.357. The molecule has 1 unspecified atom stereocenters. The number of ether oxygens (including phenoxy) is 2. The summed E-state index contributed by atoms with van der Waals surface area (Å²) < 4.78 is 43.6. The van der Waals surface area contributed by atoms with Crippen LogP contribution in [0.5, 0.6) is 5.75 Å². The Kier molecular flexibility index (Phi) is 5.60. The normalized spacial score (nSPS) is 24.1. The summed E-state index contributed by atoms with van der Waals surface area (Å²) in [6.45, 7) is 2.00. The van der Waals surface area contributed by atoms with Gasteiger partial charge in [-0.2, -0.15) is 0 Å². The molecule has 7 rings (SSSR count). The number of carbonyl (C=O) groups is 1. The Bertz CT molecular complexity index is 1540. The average Bonchev–Trinajstić information content (AvgIpc) is 3.27. The molecule has 202 valence electrons. The molecule has 0 spiro atoms. The number of benzene rings is 2. The minimum absolute atomic E-state index is 0.174. The monoisotopic (exact) mass is 536 g/mol. The van der Waals surface area contributed by atoms with Crippen LogP contribution in [-0.4, -0.2) is 66.3 Å². The molecule has 2 saturated heterocycles. The molecule has 2 fully saturated rings. The number of aromatic hydroxyl groups is 1. The van der Waals surface area contributed by atoms with Crippen LogP contribution in [0.2, 0.25) is 0 Å². The van der Waals surface area contributed by atoms with Crippen molar-refractivity contribution < 1.29 is 28.2 Å². The summed E-state index contributed by atoms with van der Waals surface area (Å²) >= 11 is 0. The van der Waals surface area contributed by atoms with E-state index in [4.69, 9.17) is 9.47 Å². The smallest absolute Gasteiger partial charge is 0.278 e. The predicted octanol–water partition coefficient (Wildman–Crippen LogP) is 2.65. The minimum Gasteiger partial charge on any atom is -0.502 e. The van der Waals surface area contributed by atoms with Crippen molar-refractivity contribution in [2.75, 3.05) is 49.4 Å². The first kappa shape index (κ1) is 24.1. The van der Waals surface area contributed by atoms with Gasteiger partial charge >= 0.3 is 0 Å². The Labute approximate surface area is 222 Å². The Morgan fingerprint density at radius 2 is 1.69 bits per heavy atom. The van der Waals surface area contributed by atoms with Crippen LogP contribution in [0.4, 0.5) is 14.5 Å². The van der Waals surface area contributed by atoms with Gasteiger partial charge in [-0.15, -0.1) is 0 Å². The van der Waals surface area contributed by atoms with Gasteiger partial charge in [0.05, 0.1) is 32.5 Å². The van der Waals surface area contributed by atoms with Crippen molar-refractivity contribution in [3.05, 3.63) is 92.9 Å². The summed E-state index contributed by atoms with van der Waals surface area (Å²) in [6.07, 6.45) is 1.33. The van der Waals surface area contributed by atoms with Crippen molar-refractivity contribution in [3.63, 3.8) is 0 Å². The Balaban J connectivity index is 1.56. The van der Waals surface area contributed by atoms with Crippen molar-refractivity contribution >= 4 is 11.6 Å². The van der Waals surface area contributed by atoms with Gasteiger partial charge in [0.1, 0.15) is 12.2 Å². The van der Waals surface area contributed by atoms with E-state index < -0.39 is 47.0 Å². The Morgan fingerprint density at radius 3 is 2.56 bits per heavy atom. The molecule has 0 radical (unpaired) electrons. The molecule has 39 heavy (non-hydrogen) atoms. The van der Waals surface area contributed by atoms with Crippen LogP contribution in [0, 0.1) is 11.6 Å². The molecule has 2 aromatic carbocycles. The quantitative estimate of drug-likeness (QED) is 0.512. The van der Waals surface area contributed by atoms with Crippen LogP contribution in [0.3, 0.4) is 0 Å². The second-order valence-corrected chi connectivity index (χ2v) is 10.1. The second-order valence-electron chi connectivity index (χ2n) is 10.1. The number of fused-ring (bicyclic) bond motifs is 7. The van der Waals surface area contributed by atoms with Gasteiger partial charge in [0, 0.05) is 48.6 Å². The molecule has 1 N–H and O–H groups in total. The van der Waals surface area contributed by atoms with Gasteiger partial charge in [-0.1, -0.05) is 24.3 Å². The van der Waals surface area contributed by atoms with Gasteiger partial charge < -0.3 is 24.4 Å². The first-order valence-corrected chi connectivity index (χ1v) is 13.0. The van der Waals surface area contributed by atoms with Crippen molar-refractivity contribution in [2.24, 2.45) is 0 Å². The van der Waals surface area contributed by atoms with Gasteiger partial charge in [-0.25, -0.2) is 8.78 Å². The van der Waals surface area contributed by atoms with Crippen LogP contribution in [0.1, 0.15) is 45.7 Å². The topological polar surface area (TPSA) is 87.5 Å². The molecule has 3 aromatic rings. The molecule has 0 bridgehead atoms. The van der Waals surface area contributed by atoms with Gasteiger partial charge in [-0.05, 0) is 17.7 Å². The number of para-hydroxylation sites is 1. The van der Waals surface area contributed by atoms with Crippen LogP contribution in [0.25, 0.3) is 0 Å². The lowest BCUT2D eigenvalue weighted by molar-refractivity contribution is 0.0557. The first-order valence-electron chi connectivity index (χ1n) is 13.0. The van der Waals surface area contributed by atoms with E-state index in [0.29, 0.717) is 38.3 Å². The van der Waals surface area contributed by atoms with Gasteiger partial charge in [0.25, 0.3) is 5.91 Å². The van der Waals surface area contributed by atoms with E-state index in [-0.39, 0.29) is 24.4 Å². The molecule has 4 aliphatic heterocycles. The standard InChI is InChI=1S/C28H26F2N4O5/c29-18-6-5-17-23(24(18)30)20-15-39-14-10-31(20)19-4-2-1-3-16(19)25(17)34-22-8-12-38-13-11-32(22)28(37)26-27(36)21(35)7-9-33(26)34/h1-7,9,20,22,25,36H,8,10-15H2/t20?,22-,25-/m1/s1. The van der Waals surface area contributed by atoms with Gasteiger partial charge in [0.15, 0.2) is 23.1 Å². The zero-order valence-electron chi connectivity index (χ0n) is 20.9. The SMILES string of the molecule is O=C1c2c(O)c(=O)ccn2N([C@@H]2c3ccccc3N3CCOCC3c3c2ccc(F)c3F)[C@@H]2CCOCCN12. The highest BCUT2D eigenvalue weighted by atomic mass is 19.2. The second kappa shape index (κ2) is 9.06. The maximum Gasteiger partial charge on any atom is 0.278 e. The summed E-state index contributed by atoms with van der Waals surface area (Å²) in [4.78, 5) is 29.8. The molecule has 1 amide bonds. The number of hydrogen-bond donors (Lipinski definition) is 1. The van der Waals surface area contributed by atoms with Crippen molar-refractivity contribution in [3.8, 4) is 5.75 Å². The molecule has 0 saturated carbocycles. The fourth-order valence-electron chi connectivity index (χ4n) is 6.48. The predicted molar refractivity (Wildman–Crippen MR) is 136 cm³/mol. The number of amides is 1. The summed E-state index contributed by atoms with van der Waals surface area (Å²) in [6, 6.07) is 10.3. The summed E-state index contributed by atoms with van der Waals surface area (Å²) in [5, 5.41) is 12.7. The number of carbonyl (C=O) groups excluding carboxylic acids is 1. The van der Waals surface area contributed by atoms with E-state index in [2.05, 4.69) is 0 Å². The number of morpholine rings is 1. The van der Waals surface area contributed by atoms with Crippen LogP contribution < -0.4 is 15.3 Å². The molecule has 11 heteroatoms. The zero-order chi connectivity index (χ0) is 26.8. The number of pyridine rings is 1. The number of rotatable bonds is 1. The molecule has 0 aliphatic carbocycles. The van der Waals surface area contributed by atoms with E-state index >= 15 is 4.39 Å². The third-order valence-electron chi connectivity index (χ3n) is 8.16. The Morgan fingerprint density at radius 1 is 0.897 bits per heavy atom. The van der Waals surface area contributed by atoms with Gasteiger partial charge in [0.2, 0.25) is 5.43 Å². The van der Waals surface area contributed by atoms with Crippen LogP contribution in [-0.2, 0) is 9.47 Å². The highest BCUT2D eigenvalue weighted by Gasteiger charge is 2.47. The largest absolute Gasteiger partial charge is 0.502 e. The molecular weight excluding hydrogens is 510 g/mol. The lowest BCUT2D eigenvalue weighted by Crippen LogP contribution is -2.62. The minimum atomic E-state index is -0.955. The molecule has 9 nitrogen and oxygen atoms in total. The first-order chi connectivity index (χ1) is 19.0. The maximum atomic E-state index is 15.8. The third-order valence-corrected chi connectivity index (χ3v) is 8.16. The lowest BCUT2D eigenvalue weighted by Gasteiger charge is -2.49. The molecule has 5 heterocycles. The van der Waals surface area contributed by atoms with E-state index in [0.717, 1.165) is 17.3 Å². The highest BCUT2D eigenvalue weighted by molar-refractivity contribution is 5.96. The summed E-state index contributed by atoms with van der Waals surface area (Å²) in [5.41, 5.74) is 1.51. The lowest BCUT2D eigenvalue weighted by atomic mass is 9.91. The average molecular weight is 537 g/mol. The number of aromatic nitrogens is 1. The number of halogens is 2. The van der Waals surface area contributed by atoms with Crippen LogP contribution in [0.15, 0.2) is 53.5 Å². The zero-order valence-corrected chi connectivity index (χ0v) is 20.9. The fourth-order valence-corrected chi connectivity index (χ4v) is 6.48. The van der Waals surface area contributed by atoms with E-state index in [1.165, 1.54) is 16.9 Å². The molecular formula is C28H26F2N4O5. The number of hydrogen-bond acceptors (Lipinski definition) is 7. The summed E-state index contributed by atoms with van der Waals surface area (Å²) in [7, 11) is 0. The van der Waals surface area contributed by atoms with Crippen molar-refractivity contribution in [1.82, 2.24) is 9.58 Å². The van der Waals surface area contributed by atoms with Crippen LogP contribution >= 0.6 is 0 Å². The van der Waals surface area contributed by atoms with Crippen molar-refractivity contribution in [2.45, 2.75) is 24.7 Å². The Hall–Kier alpha value is -3.96. The number of anilines is 1. The van der Waals surface area contributed by atoms with Gasteiger partial charge in [-0.3, -0.25) is 19.3 Å². The highest BCUT2D eigenvalue weighted by Crippen LogP contribution is 2.48. The maximum absolute atomic E-state index is 15.8.